The topological polar surface area (TPSA) is 46.5 Å². The van der Waals surface area contributed by atoms with Crippen LogP contribution in [-0.4, -0.2) is 18.2 Å². The molecule has 3 nitrogen and oxygen atoms in total. The number of ether oxygens (including phenoxy) is 1. The minimum Gasteiger partial charge on any atom is -0.496 e. The van der Waals surface area contributed by atoms with Crippen molar-refractivity contribution < 1.29 is 14.6 Å². The highest BCUT2D eigenvalue weighted by molar-refractivity contribution is 5.89. The van der Waals surface area contributed by atoms with Gasteiger partial charge in [-0.15, -0.1) is 0 Å². The first-order chi connectivity index (χ1) is 8.22. The number of hydrogen-bond acceptors (Lipinski definition) is 2. The Balaban J connectivity index is 2.52. The second kappa shape index (κ2) is 4.70. The Morgan fingerprint density at radius 2 is 1.82 bits per heavy atom. The molecule has 0 aliphatic heterocycles. The van der Waals surface area contributed by atoms with Gasteiger partial charge in [0.05, 0.1) is 12.7 Å². The van der Waals surface area contributed by atoms with Gasteiger partial charge in [-0.05, 0) is 23.8 Å². The first-order valence-corrected chi connectivity index (χ1v) is 5.19. The molecule has 0 aliphatic carbocycles. The molecule has 1 N–H and O–H groups in total. The summed E-state index contributed by atoms with van der Waals surface area (Å²) in [4.78, 5) is 10.9. The molecule has 0 bridgehead atoms. The third kappa shape index (κ3) is 2.28. The summed E-state index contributed by atoms with van der Waals surface area (Å²) in [7, 11) is 1.54. The Kier molecular flexibility index (Phi) is 3.10. The molecule has 0 saturated carbocycles. The van der Waals surface area contributed by atoms with Crippen molar-refractivity contribution in [2.75, 3.05) is 7.11 Å². The molecule has 0 fully saturated rings. The van der Waals surface area contributed by atoms with E-state index in [1.807, 2.05) is 30.3 Å². The average Bonchev–Trinajstić information content (AvgIpc) is 2.39. The quantitative estimate of drug-likeness (QED) is 0.878. The second-order valence-electron chi connectivity index (χ2n) is 3.59. The lowest BCUT2D eigenvalue weighted by Gasteiger charge is -2.09. The Hall–Kier alpha value is -2.29. The molecule has 2 aromatic carbocycles. The molecule has 0 heterocycles. The predicted octanol–water partition coefficient (Wildman–Crippen LogP) is 3.06. The Bertz CT molecular complexity index is 532. The molecule has 0 spiro atoms. The van der Waals surface area contributed by atoms with Gasteiger partial charge in [0.1, 0.15) is 5.75 Å². The van der Waals surface area contributed by atoms with Crippen LogP contribution in [0.15, 0.2) is 48.5 Å². The SMILES string of the molecule is COc1cc(C(=O)O)ccc1-c1ccccc1. The number of rotatable bonds is 3. The number of benzene rings is 2. The van der Waals surface area contributed by atoms with Gasteiger partial charge < -0.3 is 9.84 Å². The fraction of sp³-hybridized carbons (Fsp3) is 0.0714. The van der Waals surface area contributed by atoms with Gasteiger partial charge in [-0.2, -0.15) is 0 Å². The second-order valence-corrected chi connectivity index (χ2v) is 3.59. The van der Waals surface area contributed by atoms with E-state index in [9.17, 15) is 4.79 Å². The number of carboxylic acids is 1. The van der Waals surface area contributed by atoms with Crippen LogP contribution in [0.2, 0.25) is 0 Å². The molecule has 86 valence electrons. The average molecular weight is 228 g/mol. The number of carbonyl (C=O) groups is 1. The molecule has 2 aromatic rings. The van der Waals surface area contributed by atoms with E-state index in [1.54, 1.807) is 12.1 Å². The number of methoxy groups -OCH3 is 1. The van der Waals surface area contributed by atoms with Gasteiger partial charge in [0, 0.05) is 5.56 Å². The first-order valence-electron chi connectivity index (χ1n) is 5.19. The summed E-state index contributed by atoms with van der Waals surface area (Å²) in [6.45, 7) is 0. The lowest BCUT2D eigenvalue weighted by Crippen LogP contribution is -1.97. The summed E-state index contributed by atoms with van der Waals surface area (Å²) in [5.74, 6) is -0.390. The minimum absolute atomic E-state index is 0.224. The first kappa shape index (κ1) is 11.2. The third-order valence-electron chi connectivity index (χ3n) is 2.53. The number of aromatic carboxylic acids is 1. The molecular weight excluding hydrogens is 216 g/mol. The van der Waals surface area contributed by atoms with Crippen LogP contribution in [0.25, 0.3) is 11.1 Å². The van der Waals surface area contributed by atoms with Crippen LogP contribution in [0, 0.1) is 0 Å². The van der Waals surface area contributed by atoms with Crippen LogP contribution in [-0.2, 0) is 0 Å². The van der Waals surface area contributed by atoms with Crippen LogP contribution in [0.5, 0.6) is 5.75 Å². The largest absolute Gasteiger partial charge is 0.496 e. The fourth-order valence-electron chi connectivity index (χ4n) is 1.68. The molecule has 3 heteroatoms. The molecule has 0 aromatic heterocycles. The summed E-state index contributed by atoms with van der Waals surface area (Å²) in [6, 6.07) is 14.6. The maximum absolute atomic E-state index is 10.9. The molecule has 0 aliphatic rings. The molecular formula is C14H12O3. The summed E-state index contributed by atoms with van der Waals surface area (Å²) in [6.07, 6.45) is 0. The molecule has 2 rings (SSSR count). The van der Waals surface area contributed by atoms with Crippen LogP contribution < -0.4 is 4.74 Å². The fourth-order valence-corrected chi connectivity index (χ4v) is 1.68. The van der Waals surface area contributed by atoms with E-state index in [4.69, 9.17) is 9.84 Å². The normalized spacial score (nSPS) is 9.94. The molecule has 0 unspecified atom stereocenters. The Labute approximate surface area is 99.3 Å². The van der Waals surface area contributed by atoms with E-state index in [1.165, 1.54) is 13.2 Å². The van der Waals surface area contributed by atoms with Crippen LogP contribution >= 0.6 is 0 Å². The van der Waals surface area contributed by atoms with Crippen molar-refractivity contribution in [3.63, 3.8) is 0 Å². The van der Waals surface area contributed by atoms with E-state index >= 15 is 0 Å². The van der Waals surface area contributed by atoms with Crippen LogP contribution in [0.3, 0.4) is 0 Å². The third-order valence-corrected chi connectivity index (χ3v) is 2.53. The Morgan fingerprint density at radius 3 is 2.41 bits per heavy atom. The summed E-state index contributed by atoms with van der Waals surface area (Å²) in [5, 5.41) is 8.91. The van der Waals surface area contributed by atoms with E-state index in [0.717, 1.165) is 11.1 Å². The minimum atomic E-state index is -0.956. The standard InChI is InChI=1S/C14H12O3/c1-17-13-9-11(14(15)16)7-8-12(13)10-5-3-2-4-6-10/h2-9H,1H3,(H,15,16). The van der Waals surface area contributed by atoms with E-state index in [-0.39, 0.29) is 5.56 Å². The van der Waals surface area contributed by atoms with Crippen LogP contribution in [0.1, 0.15) is 10.4 Å². The van der Waals surface area contributed by atoms with Crippen LogP contribution in [0.4, 0.5) is 0 Å². The highest BCUT2D eigenvalue weighted by Gasteiger charge is 2.09. The van der Waals surface area contributed by atoms with Crippen molar-refractivity contribution in [1.82, 2.24) is 0 Å². The van der Waals surface area contributed by atoms with Crippen molar-refractivity contribution in [3.8, 4) is 16.9 Å². The molecule has 0 atom stereocenters. The summed E-state index contributed by atoms with van der Waals surface area (Å²) >= 11 is 0. The summed E-state index contributed by atoms with van der Waals surface area (Å²) in [5.41, 5.74) is 2.11. The zero-order valence-corrected chi connectivity index (χ0v) is 9.38. The monoisotopic (exact) mass is 228 g/mol. The van der Waals surface area contributed by atoms with Crippen molar-refractivity contribution in [1.29, 1.82) is 0 Å². The zero-order chi connectivity index (χ0) is 12.3. The highest BCUT2D eigenvalue weighted by Crippen LogP contribution is 2.30. The van der Waals surface area contributed by atoms with E-state index < -0.39 is 5.97 Å². The lowest BCUT2D eigenvalue weighted by atomic mass is 10.0. The van der Waals surface area contributed by atoms with Crippen molar-refractivity contribution in [2.24, 2.45) is 0 Å². The van der Waals surface area contributed by atoms with Gasteiger partial charge in [-0.1, -0.05) is 30.3 Å². The molecule has 0 radical (unpaired) electrons. The molecule has 0 amide bonds. The maximum atomic E-state index is 10.9. The van der Waals surface area contributed by atoms with Crippen molar-refractivity contribution >= 4 is 5.97 Å². The van der Waals surface area contributed by atoms with Gasteiger partial charge in [-0.3, -0.25) is 0 Å². The highest BCUT2D eigenvalue weighted by atomic mass is 16.5. The smallest absolute Gasteiger partial charge is 0.335 e. The van der Waals surface area contributed by atoms with Gasteiger partial charge in [0.25, 0.3) is 0 Å². The zero-order valence-electron chi connectivity index (χ0n) is 9.38. The van der Waals surface area contributed by atoms with E-state index in [2.05, 4.69) is 0 Å². The van der Waals surface area contributed by atoms with Gasteiger partial charge in [0.15, 0.2) is 0 Å². The number of carboxylic acid groups (broad SMARTS) is 1. The van der Waals surface area contributed by atoms with Crippen molar-refractivity contribution in [2.45, 2.75) is 0 Å². The molecule has 0 saturated heterocycles. The Morgan fingerprint density at radius 1 is 1.12 bits per heavy atom. The van der Waals surface area contributed by atoms with E-state index in [0.29, 0.717) is 5.75 Å². The maximum Gasteiger partial charge on any atom is 0.335 e. The van der Waals surface area contributed by atoms with Gasteiger partial charge >= 0.3 is 5.97 Å². The summed E-state index contributed by atoms with van der Waals surface area (Å²) < 4.78 is 5.23. The molecule has 17 heavy (non-hydrogen) atoms. The van der Waals surface area contributed by atoms with Gasteiger partial charge in [0.2, 0.25) is 0 Å². The number of hydrogen-bond donors (Lipinski definition) is 1. The predicted molar refractivity (Wildman–Crippen MR) is 65.4 cm³/mol. The lowest BCUT2D eigenvalue weighted by molar-refractivity contribution is 0.0696. The van der Waals surface area contributed by atoms with Gasteiger partial charge in [-0.25, -0.2) is 4.79 Å². The van der Waals surface area contributed by atoms with Crippen molar-refractivity contribution in [3.05, 3.63) is 54.1 Å².